The van der Waals surface area contributed by atoms with Crippen molar-refractivity contribution in [3.05, 3.63) is 65.5 Å². The molecule has 0 aliphatic heterocycles. The molecule has 0 saturated carbocycles. The molecule has 0 fully saturated rings. The van der Waals surface area contributed by atoms with Crippen molar-refractivity contribution in [1.82, 2.24) is 10.3 Å². The van der Waals surface area contributed by atoms with Gasteiger partial charge in [-0.1, -0.05) is 25.5 Å². The van der Waals surface area contributed by atoms with Gasteiger partial charge in [-0.25, -0.2) is 0 Å². The second-order valence-corrected chi connectivity index (χ2v) is 5.28. The monoisotopic (exact) mass is 282 g/mol. The van der Waals surface area contributed by atoms with Crippen LogP contribution in [-0.4, -0.2) is 10.9 Å². The van der Waals surface area contributed by atoms with Gasteiger partial charge in [0.05, 0.1) is 6.04 Å². The van der Waals surface area contributed by atoms with Crippen LogP contribution in [0.1, 0.15) is 54.2 Å². The van der Waals surface area contributed by atoms with E-state index in [0.29, 0.717) is 5.56 Å². The average molecular weight is 282 g/mol. The molecule has 0 bridgehead atoms. The highest BCUT2D eigenvalue weighted by Gasteiger charge is 2.11. The van der Waals surface area contributed by atoms with E-state index in [9.17, 15) is 4.79 Å². The predicted octanol–water partition coefficient (Wildman–Crippen LogP) is 3.92. The Morgan fingerprint density at radius 1 is 1.14 bits per heavy atom. The van der Waals surface area contributed by atoms with E-state index in [2.05, 4.69) is 17.2 Å². The molecular weight excluding hydrogens is 260 g/mol. The Hall–Kier alpha value is -2.16. The molecular formula is C18H22N2O. The molecule has 110 valence electrons. The van der Waals surface area contributed by atoms with Crippen molar-refractivity contribution in [3.63, 3.8) is 0 Å². The molecule has 21 heavy (non-hydrogen) atoms. The van der Waals surface area contributed by atoms with Gasteiger partial charge < -0.3 is 5.32 Å². The molecule has 3 nitrogen and oxygen atoms in total. The fraction of sp³-hybridized carbons (Fsp3) is 0.333. The number of unbranched alkanes of at least 4 members (excludes halogenated alkanes) is 1. The minimum absolute atomic E-state index is 0.0275. The molecule has 1 amide bonds. The lowest BCUT2D eigenvalue weighted by molar-refractivity contribution is 0.0940. The van der Waals surface area contributed by atoms with Gasteiger partial charge in [-0.05, 0) is 55.2 Å². The number of nitrogens with one attached hydrogen (secondary N) is 1. The SMILES string of the molecule is CCCCc1ccc(C(=O)N[C@H](C)c2ccncc2)cc1. The maximum atomic E-state index is 12.2. The van der Waals surface area contributed by atoms with Gasteiger partial charge in [-0.15, -0.1) is 0 Å². The molecule has 1 aromatic carbocycles. The minimum Gasteiger partial charge on any atom is -0.346 e. The summed E-state index contributed by atoms with van der Waals surface area (Å²) in [5, 5.41) is 3.01. The van der Waals surface area contributed by atoms with Crippen LogP contribution in [0.2, 0.25) is 0 Å². The third-order valence-corrected chi connectivity index (χ3v) is 3.59. The van der Waals surface area contributed by atoms with E-state index in [1.165, 1.54) is 18.4 Å². The Labute approximate surface area is 126 Å². The number of nitrogens with zero attached hydrogens (tertiary/aromatic N) is 1. The van der Waals surface area contributed by atoms with Gasteiger partial charge in [-0.3, -0.25) is 9.78 Å². The van der Waals surface area contributed by atoms with Crippen molar-refractivity contribution in [2.75, 3.05) is 0 Å². The quantitative estimate of drug-likeness (QED) is 0.872. The lowest BCUT2D eigenvalue weighted by Gasteiger charge is -2.14. The van der Waals surface area contributed by atoms with Crippen LogP contribution in [0, 0.1) is 0 Å². The number of aromatic nitrogens is 1. The molecule has 0 radical (unpaired) electrons. The Morgan fingerprint density at radius 3 is 2.43 bits per heavy atom. The van der Waals surface area contributed by atoms with Crippen molar-refractivity contribution in [2.45, 2.75) is 39.2 Å². The first-order valence-corrected chi connectivity index (χ1v) is 7.50. The summed E-state index contributed by atoms with van der Waals surface area (Å²) in [6.07, 6.45) is 6.92. The van der Waals surface area contributed by atoms with Crippen LogP contribution >= 0.6 is 0 Å². The van der Waals surface area contributed by atoms with Crippen LogP contribution in [0.25, 0.3) is 0 Å². The Kier molecular flexibility index (Phi) is 5.50. The number of rotatable bonds is 6. The standard InChI is InChI=1S/C18H22N2O/c1-3-4-5-15-6-8-17(9-7-15)18(21)20-14(2)16-10-12-19-13-11-16/h6-14H,3-5H2,1-2H3,(H,20,21)/t14-/m1/s1. The van der Waals surface area contributed by atoms with Gasteiger partial charge >= 0.3 is 0 Å². The van der Waals surface area contributed by atoms with E-state index in [1.54, 1.807) is 12.4 Å². The molecule has 0 aliphatic rings. The molecule has 1 heterocycles. The van der Waals surface area contributed by atoms with E-state index in [-0.39, 0.29) is 11.9 Å². The molecule has 1 aromatic heterocycles. The number of hydrogen-bond acceptors (Lipinski definition) is 2. The number of hydrogen-bond donors (Lipinski definition) is 1. The molecule has 1 N–H and O–H groups in total. The van der Waals surface area contributed by atoms with E-state index in [0.717, 1.165) is 12.0 Å². The summed E-state index contributed by atoms with van der Waals surface area (Å²) in [6, 6.07) is 11.7. The topological polar surface area (TPSA) is 42.0 Å². The smallest absolute Gasteiger partial charge is 0.251 e. The third kappa shape index (κ3) is 4.42. The molecule has 3 heteroatoms. The Morgan fingerprint density at radius 2 is 1.81 bits per heavy atom. The van der Waals surface area contributed by atoms with E-state index in [4.69, 9.17) is 0 Å². The number of amides is 1. The van der Waals surface area contributed by atoms with Crippen LogP contribution in [0.15, 0.2) is 48.8 Å². The number of carbonyl (C=O) groups excluding carboxylic acids is 1. The first-order valence-electron chi connectivity index (χ1n) is 7.50. The van der Waals surface area contributed by atoms with E-state index >= 15 is 0 Å². The highest BCUT2D eigenvalue weighted by atomic mass is 16.1. The zero-order valence-corrected chi connectivity index (χ0v) is 12.7. The lowest BCUT2D eigenvalue weighted by atomic mass is 10.1. The largest absolute Gasteiger partial charge is 0.346 e. The summed E-state index contributed by atoms with van der Waals surface area (Å²) in [5.41, 5.74) is 3.05. The number of benzene rings is 1. The van der Waals surface area contributed by atoms with Gasteiger partial charge in [0, 0.05) is 18.0 Å². The van der Waals surface area contributed by atoms with Gasteiger partial charge in [0.25, 0.3) is 5.91 Å². The zero-order valence-electron chi connectivity index (χ0n) is 12.7. The van der Waals surface area contributed by atoms with Crippen molar-refractivity contribution in [2.24, 2.45) is 0 Å². The third-order valence-electron chi connectivity index (χ3n) is 3.59. The van der Waals surface area contributed by atoms with Crippen LogP contribution in [0.3, 0.4) is 0 Å². The summed E-state index contributed by atoms with van der Waals surface area (Å²) in [7, 11) is 0. The van der Waals surface area contributed by atoms with Crippen LogP contribution in [-0.2, 0) is 6.42 Å². The molecule has 2 aromatic rings. The summed E-state index contributed by atoms with van der Waals surface area (Å²) >= 11 is 0. The van der Waals surface area contributed by atoms with Crippen LogP contribution < -0.4 is 5.32 Å². The Balaban J connectivity index is 1.97. The normalized spacial score (nSPS) is 11.9. The van der Waals surface area contributed by atoms with Crippen molar-refractivity contribution < 1.29 is 4.79 Å². The van der Waals surface area contributed by atoms with E-state index < -0.39 is 0 Å². The summed E-state index contributed by atoms with van der Waals surface area (Å²) in [4.78, 5) is 16.2. The summed E-state index contributed by atoms with van der Waals surface area (Å²) in [6.45, 7) is 4.16. The fourth-order valence-corrected chi connectivity index (χ4v) is 2.22. The number of aryl methyl sites for hydroxylation is 1. The minimum atomic E-state index is -0.0404. The van der Waals surface area contributed by atoms with E-state index in [1.807, 2.05) is 43.3 Å². The first kappa shape index (κ1) is 15.2. The van der Waals surface area contributed by atoms with Gasteiger partial charge in [0.15, 0.2) is 0 Å². The van der Waals surface area contributed by atoms with Crippen LogP contribution in [0.4, 0.5) is 0 Å². The van der Waals surface area contributed by atoms with Crippen molar-refractivity contribution >= 4 is 5.91 Å². The fourth-order valence-electron chi connectivity index (χ4n) is 2.22. The van der Waals surface area contributed by atoms with Gasteiger partial charge in [0.2, 0.25) is 0 Å². The Bertz CT molecular complexity index is 564. The number of carbonyl (C=O) groups is 1. The average Bonchev–Trinajstić information content (AvgIpc) is 2.54. The highest BCUT2D eigenvalue weighted by Crippen LogP contribution is 2.13. The lowest BCUT2D eigenvalue weighted by Crippen LogP contribution is -2.26. The second-order valence-electron chi connectivity index (χ2n) is 5.28. The predicted molar refractivity (Wildman–Crippen MR) is 85.2 cm³/mol. The van der Waals surface area contributed by atoms with Gasteiger partial charge in [-0.2, -0.15) is 0 Å². The molecule has 0 spiro atoms. The van der Waals surface area contributed by atoms with Gasteiger partial charge in [0.1, 0.15) is 0 Å². The summed E-state index contributed by atoms with van der Waals surface area (Å²) < 4.78 is 0. The summed E-state index contributed by atoms with van der Waals surface area (Å²) in [5.74, 6) is -0.0404. The van der Waals surface area contributed by atoms with Crippen LogP contribution in [0.5, 0.6) is 0 Å². The first-order chi connectivity index (χ1) is 10.2. The zero-order chi connectivity index (χ0) is 15.1. The maximum absolute atomic E-state index is 12.2. The van der Waals surface area contributed by atoms with Crippen molar-refractivity contribution in [1.29, 1.82) is 0 Å². The molecule has 2 rings (SSSR count). The number of pyridine rings is 1. The molecule has 1 atom stereocenters. The molecule has 0 aliphatic carbocycles. The molecule has 0 unspecified atom stereocenters. The maximum Gasteiger partial charge on any atom is 0.251 e. The highest BCUT2D eigenvalue weighted by molar-refractivity contribution is 5.94. The van der Waals surface area contributed by atoms with Crippen molar-refractivity contribution in [3.8, 4) is 0 Å². The second kappa shape index (κ2) is 7.58. The molecule has 0 saturated heterocycles.